The smallest absolute Gasteiger partial charge is 0.327 e. The molecule has 6 heteroatoms. The first-order valence-electron chi connectivity index (χ1n) is 6.58. The third-order valence-electron chi connectivity index (χ3n) is 3.09. The highest BCUT2D eigenvalue weighted by molar-refractivity contribution is 6.39. The standard InChI is InChI=1S/C14H18N4O2/c1-18-9-7-12(8-10-18)16-17-14(20)13(19)15-11-5-3-2-4-6-11/h2-7,16H,8-10H2,1H3,(H,15,19)(H,17,20)/p+1. The van der Waals surface area contributed by atoms with Crippen LogP contribution in [-0.2, 0) is 9.59 Å². The third kappa shape index (κ3) is 4.10. The Labute approximate surface area is 117 Å². The lowest BCUT2D eigenvalue weighted by Gasteiger charge is -2.20. The van der Waals surface area contributed by atoms with Gasteiger partial charge in [0.15, 0.2) is 0 Å². The highest BCUT2D eigenvalue weighted by Gasteiger charge is 2.15. The fraction of sp³-hybridized carbons (Fsp3) is 0.286. The molecule has 4 N–H and O–H groups in total. The maximum absolute atomic E-state index is 11.7. The minimum Gasteiger partial charge on any atom is -0.334 e. The van der Waals surface area contributed by atoms with E-state index < -0.39 is 11.8 Å². The highest BCUT2D eigenvalue weighted by Crippen LogP contribution is 2.04. The van der Waals surface area contributed by atoms with Gasteiger partial charge in [-0.1, -0.05) is 18.2 Å². The summed E-state index contributed by atoms with van der Waals surface area (Å²) in [6, 6.07) is 8.86. The number of nitrogens with one attached hydrogen (secondary N) is 4. The average Bonchev–Trinajstić information content (AvgIpc) is 2.47. The number of hydrogen-bond donors (Lipinski definition) is 4. The Morgan fingerprint density at radius 1 is 1.15 bits per heavy atom. The van der Waals surface area contributed by atoms with Crippen molar-refractivity contribution in [2.45, 2.75) is 6.42 Å². The second-order valence-electron chi connectivity index (χ2n) is 4.79. The molecule has 1 aliphatic rings. The van der Waals surface area contributed by atoms with Crippen molar-refractivity contribution in [3.05, 3.63) is 42.1 Å². The SMILES string of the molecule is C[NH+]1CC=C(NNC(=O)C(=O)Nc2ccccc2)CC1. The van der Waals surface area contributed by atoms with Crippen molar-refractivity contribution in [3.63, 3.8) is 0 Å². The summed E-state index contributed by atoms with van der Waals surface area (Å²) in [6.45, 7) is 1.92. The van der Waals surface area contributed by atoms with Crippen LogP contribution in [0.4, 0.5) is 5.69 Å². The summed E-state index contributed by atoms with van der Waals surface area (Å²) in [7, 11) is 2.11. The van der Waals surface area contributed by atoms with E-state index in [2.05, 4.69) is 23.2 Å². The van der Waals surface area contributed by atoms with E-state index in [0.717, 1.165) is 25.2 Å². The van der Waals surface area contributed by atoms with Crippen LogP contribution in [-0.4, -0.2) is 32.0 Å². The van der Waals surface area contributed by atoms with Gasteiger partial charge in [-0.3, -0.25) is 15.0 Å². The summed E-state index contributed by atoms with van der Waals surface area (Å²) < 4.78 is 0. The number of para-hydroxylation sites is 1. The van der Waals surface area contributed by atoms with Gasteiger partial charge in [0.25, 0.3) is 0 Å². The monoisotopic (exact) mass is 275 g/mol. The molecule has 0 saturated carbocycles. The fourth-order valence-corrected chi connectivity index (χ4v) is 1.87. The van der Waals surface area contributed by atoms with Crippen LogP contribution in [0.3, 0.4) is 0 Å². The van der Waals surface area contributed by atoms with E-state index in [1.54, 1.807) is 24.3 Å². The van der Waals surface area contributed by atoms with Crippen molar-refractivity contribution in [1.29, 1.82) is 0 Å². The number of benzene rings is 1. The molecule has 0 radical (unpaired) electrons. The minimum absolute atomic E-state index is 0.592. The predicted molar refractivity (Wildman–Crippen MR) is 75.7 cm³/mol. The molecule has 1 aliphatic heterocycles. The van der Waals surface area contributed by atoms with E-state index >= 15 is 0 Å². The largest absolute Gasteiger partial charge is 0.334 e. The number of anilines is 1. The number of likely N-dealkylation sites (N-methyl/N-ethyl adjacent to an activating group) is 1. The van der Waals surface area contributed by atoms with Crippen molar-refractivity contribution in [2.24, 2.45) is 0 Å². The molecule has 20 heavy (non-hydrogen) atoms. The summed E-state index contributed by atoms with van der Waals surface area (Å²) in [5, 5.41) is 2.52. The molecule has 0 fully saturated rings. The number of hydrazine groups is 1. The van der Waals surface area contributed by atoms with Gasteiger partial charge in [0.1, 0.15) is 0 Å². The van der Waals surface area contributed by atoms with E-state index in [1.807, 2.05) is 12.1 Å². The molecule has 1 unspecified atom stereocenters. The third-order valence-corrected chi connectivity index (χ3v) is 3.09. The maximum Gasteiger partial charge on any atom is 0.327 e. The number of quaternary nitrogens is 1. The van der Waals surface area contributed by atoms with Crippen LogP contribution in [0.15, 0.2) is 42.1 Å². The van der Waals surface area contributed by atoms with Crippen molar-refractivity contribution in [1.82, 2.24) is 10.9 Å². The minimum atomic E-state index is -0.707. The molecule has 0 spiro atoms. The van der Waals surface area contributed by atoms with Crippen molar-refractivity contribution in [2.75, 3.05) is 25.5 Å². The molecule has 6 nitrogen and oxygen atoms in total. The van der Waals surface area contributed by atoms with Crippen molar-refractivity contribution >= 4 is 17.5 Å². The summed E-state index contributed by atoms with van der Waals surface area (Å²) in [4.78, 5) is 24.7. The Balaban J connectivity index is 1.78. The fourth-order valence-electron chi connectivity index (χ4n) is 1.87. The van der Waals surface area contributed by atoms with E-state index in [9.17, 15) is 9.59 Å². The number of carbonyl (C=O) groups excluding carboxylic acids is 2. The molecule has 106 valence electrons. The Morgan fingerprint density at radius 2 is 1.90 bits per heavy atom. The lowest BCUT2D eigenvalue weighted by molar-refractivity contribution is -0.875. The number of hydrogen-bond acceptors (Lipinski definition) is 3. The van der Waals surface area contributed by atoms with Gasteiger partial charge in [0, 0.05) is 17.8 Å². The molecule has 0 aliphatic carbocycles. The van der Waals surface area contributed by atoms with Crippen LogP contribution in [0.25, 0.3) is 0 Å². The van der Waals surface area contributed by atoms with Gasteiger partial charge in [0.05, 0.1) is 20.1 Å². The molecule has 0 saturated heterocycles. The van der Waals surface area contributed by atoms with E-state index in [1.165, 1.54) is 4.90 Å². The molecule has 2 amide bonds. The van der Waals surface area contributed by atoms with Gasteiger partial charge >= 0.3 is 11.8 Å². The summed E-state index contributed by atoms with van der Waals surface area (Å²) >= 11 is 0. The molecule has 1 aromatic carbocycles. The first kappa shape index (κ1) is 14.1. The lowest BCUT2D eigenvalue weighted by Crippen LogP contribution is -3.09. The summed E-state index contributed by atoms with van der Waals surface area (Å²) in [5.74, 6) is -1.40. The lowest BCUT2D eigenvalue weighted by atomic mass is 10.2. The Hall–Kier alpha value is -2.34. The van der Waals surface area contributed by atoms with Gasteiger partial charge in [-0.05, 0) is 18.2 Å². The topological polar surface area (TPSA) is 74.7 Å². The average molecular weight is 275 g/mol. The zero-order valence-electron chi connectivity index (χ0n) is 11.4. The van der Waals surface area contributed by atoms with Crippen LogP contribution in [0.2, 0.25) is 0 Å². The van der Waals surface area contributed by atoms with Crippen molar-refractivity contribution in [3.8, 4) is 0 Å². The Kier molecular flexibility index (Phi) is 4.73. The number of carbonyl (C=O) groups is 2. The second kappa shape index (κ2) is 6.72. The van der Waals surface area contributed by atoms with Crippen molar-refractivity contribution < 1.29 is 14.5 Å². The Bertz CT molecular complexity index is 513. The van der Waals surface area contributed by atoms with Crippen LogP contribution in [0.1, 0.15) is 6.42 Å². The van der Waals surface area contributed by atoms with Crippen LogP contribution in [0, 0.1) is 0 Å². The first-order valence-corrected chi connectivity index (χ1v) is 6.58. The van der Waals surface area contributed by atoms with Crippen LogP contribution >= 0.6 is 0 Å². The van der Waals surface area contributed by atoms with Gasteiger partial charge in [0.2, 0.25) is 0 Å². The molecule has 0 bridgehead atoms. The zero-order valence-corrected chi connectivity index (χ0v) is 11.4. The van der Waals surface area contributed by atoms with Crippen LogP contribution in [0.5, 0.6) is 0 Å². The van der Waals surface area contributed by atoms with E-state index in [0.29, 0.717) is 5.69 Å². The van der Waals surface area contributed by atoms with Gasteiger partial charge in [-0.15, -0.1) is 0 Å². The molecule has 1 aromatic rings. The Morgan fingerprint density at radius 3 is 2.55 bits per heavy atom. The molecular weight excluding hydrogens is 256 g/mol. The molecule has 1 heterocycles. The normalized spacial score (nSPS) is 17.9. The molecule has 0 aromatic heterocycles. The van der Waals surface area contributed by atoms with Crippen LogP contribution < -0.4 is 21.1 Å². The zero-order chi connectivity index (χ0) is 14.4. The maximum atomic E-state index is 11.7. The van der Waals surface area contributed by atoms with Gasteiger partial charge < -0.3 is 15.6 Å². The number of rotatable bonds is 3. The second-order valence-corrected chi connectivity index (χ2v) is 4.79. The summed E-state index contributed by atoms with van der Waals surface area (Å²) in [5.41, 5.74) is 6.74. The predicted octanol–water partition coefficient (Wildman–Crippen LogP) is -0.952. The molecule has 1 atom stereocenters. The van der Waals surface area contributed by atoms with E-state index in [4.69, 9.17) is 0 Å². The summed E-state index contributed by atoms with van der Waals surface area (Å²) in [6.07, 6.45) is 2.88. The molecule has 2 rings (SSSR count). The first-order chi connectivity index (χ1) is 9.65. The van der Waals surface area contributed by atoms with E-state index in [-0.39, 0.29) is 0 Å². The number of amides is 2. The van der Waals surface area contributed by atoms with Gasteiger partial charge in [-0.2, -0.15) is 0 Å². The van der Waals surface area contributed by atoms with Gasteiger partial charge in [-0.25, -0.2) is 0 Å². The quantitative estimate of drug-likeness (QED) is 0.424. The highest BCUT2D eigenvalue weighted by atomic mass is 16.2. The molecular formula is C14H19N4O2+.